The molecule has 3 aromatic rings. The van der Waals surface area contributed by atoms with E-state index in [9.17, 15) is 10.2 Å². The van der Waals surface area contributed by atoms with Crippen molar-refractivity contribution >= 4 is 23.0 Å². The van der Waals surface area contributed by atoms with Gasteiger partial charge in [-0.3, -0.25) is 0 Å². The van der Waals surface area contributed by atoms with Gasteiger partial charge in [-0.2, -0.15) is 5.10 Å². The first-order valence-electron chi connectivity index (χ1n) is 8.71. The van der Waals surface area contributed by atoms with Crippen LogP contribution in [0.15, 0.2) is 60.8 Å². The number of nitrogens with zero attached hydrogens (tertiary/aromatic N) is 2. The standard InChI is InChI=1S/C20H20ClN3O3/c1-12-18(25)19(26)20(27-12)24-11-16(22-15-9-7-14(21)8-10-15)17(23-24)13-5-3-2-4-6-13/h2-12,18-20,22,25-26H,1H3/t12-,18-,19-,20-/m1/s1. The minimum Gasteiger partial charge on any atom is -0.388 e. The number of anilines is 2. The summed E-state index contributed by atoms with van der Waals surface area (Å²) in [4.78, 5) is 0. The Morgan fingerprint density at radius 2 is 1.74 bits per heavy atom. The Labute approximate surface area is 162 Å². The molecule has 27 heavy (non-hydrogen) atoms. The van der Waals surface area contributed by atoms with E-state index < -0.39 is 24.5 Å². The zero-order chi connectivity index (χ0) is 19.0. The summed E-state index contributed by atoms with van der Waals surface area (Å²) in [5, 5.41) is 28.9. The van der Waals surface area contributed by atoms with Crippen LogP contribution in [0.5, 0.6) is 0 Å². The first-order chi connectivity index (χ1) is 13.0. The van der Waals surface area contributed by atoms with Crippen LogP contribution in [0.3, 0.4) is 0 Å². The van der Waals surface area contributed by atoms with Crippen LogP contribution in [0, 0.1) is 0 Å². The number of hydrogen-bond acceptors (Lipinski definition) is 5. The second-order valence-corrected chi connectivity index (χ2v) is 7.02. The van der Waals surface area contributed by atoms with Crippen LogP contribution in [0.25, 0.3) is 11.3 Å². The number of rotatable bonds is 4. The average Bonchev–Trinajstić information content (AvgIpc) is 3.21. The van der Waals surface area contributed by atoms with Crippen molar-refractivity contribution in [3.05, 3.63) is 65.8 Å². The van der Waals surface area contributed by atoms with Crippen LogP contribution in [0.1, 0.15) is 13.2 Å². The predicted molar refractivity (Wildman–Crippen MR) is 104 cm³/mol. The first kappa shape index (κ1) is 18.0. The van der Waals surface area contributed by atoms with E-state index >= 15 is 0 Å². The lowest BCUT2D eigenvalue weighted by Gasteiger charge is -2.14. The van der Waals surface area contributed by atoms with Gasteiger partial charge in [0.15, 0.2) is 6.23 Å². The highest BCUT2D eigenvalue weighted by Crippen LogP contribution is 2.34. The van der Waals surface area contributed by atoms with Crippen molar-refractivity contribution in [3.8, 4) is 11.3 Å². The zero-order valence-corrected chi connectivity index (χ0v) is 15.4. The quantitative estimate of drug-likeness (QED) is 0.639. The number of aliphatic hydroxyl groups is 2. The van der Waals surface area contributed by atoms with Crippen LogP contribution in [0.2, 0.25) is 5.02 Å². The van der Waals surface area contributed by atoms with Crippen LogP contribution < -0.4 is 5.32 Å². The maximum absolute atomic E-state index is 10.3. The van der Waals surface area contributed by atoms with Crippen molar-refractivity contribution in [2.24, 2.45) is 0 Å². The second kappa shape index (κ2) is 7.32. The lowest BCUT2D eigenvalue weighted by molar-refractivity contribution is -0.0395. The summed E-state index contributed by atoms with van der Waals surface area (Å²) in [6.45, 7) is 1.72. The van der Waals surface area contributed by atoms with Crippen molar-refractivity contribution in [3.63, 3.8) is 0 Å². The minimum atomic E-state index is -1.05. The molecule has 3 N–H and O–H groups in total. The molecule has 0 amide bonds. The van der Waals surface area contributed by atoms with E-state index in [1.165, 1.54) is 0 Å². The summed E-state index contributed by atoms with van der Waals surface area (Å²) >= 11 is 5.96. The van der Waals surface area contributed by atoms with E-state index in [1.54, 1.807) is 29.9 Å². The van der Waals surface area contributed by atoms with Gasteiger partial charge in [-0.25, -0.2) is 4.68 Å². The molecule has 0 unspecified atom stereocenters. The zero-order valence-electron chi connectivity index (χ0n) is 14.7. The van der Waals surface area contributed by atoms with Gasteiger partial charge in [0.05, 0.1) is 18.0 Å². The van der Waals surface area contributed by atoms with Crippen molar-refractivity contribution in [1.29, 1.82) is 0 Å². The van der Waals surface area contributed by atoms with Crippen LogP contribution in [-0.2, 0) is 4.74 Å². The van der Waals surface area contributed by atoms with Gasteiger partial charge in [-0.1, -0.05) is 41.9 Å². The lowest BCUT2D eigenvalue weighted by Crippen LogP contribution is -2.30. The molecule has 4 rings (SSSR count). The van der Waals surface area contributed by atoms with Gasteiger partial charge in [-0.15, -0.1) is 0 Å². The molecule has 7 heteroatoms. The van der Waals surface area contributed by atoms with Gasteiger partial charge in [0.2, 0.25) is 0 Å². The highest BCUT2D eigenvalue weighted by Gasteiger charge is 2.42. The number of benzene rings is 2. The maximum atomic E-state index is 10.3. The van der Waals surface area contributed by atoms with Crippen LogP contribution >= 0.6 is 11.6 Å². The highest BCUT2D eigenvalue weighted by molar-refractivity contribution is 6.30. The van der Waals surface area contributed by atoms with Gasteiger partial charge < -0.3 is 20.3 Å². The Balaban J connectivity index is 1.72. The number of nitrogens with one attached hydrogen (secondary N) is 1. The SMILES string of the molecule is C[C@H]1O[C@@H](n2cc(Nc3ccc(Cl)cc3)c(-c3ccccc3)n2)[C@H](O)[C@@H]1O. The maximum Gasteiger partial charge on any atom is 0.179 e. The molecule has 1 aliphatic heterocycles. The monoisotopic (exact) mass is 385 g/mol. The smallest absolute Gasteiger partial charge is 0.179 e. The number of hydrogen-bond donors (Lipinski definition) is 3. The summed E-state index contributed by atoms with van der Waals surface area (Å²) in [6, 6.07) is 17.1. The third kappa shape index (κ3) is 3.57. The fourth-order valence-electron chi connectivity index (χ4n) is 3.16. The molecule has 1 aromatic heterocycles. The molecule has 0 radical (unpaired) electrons. The van der Waals surface area contributed by atoms with Crippen molar-refractivity contribution in [2.75, 3.05) is 5.32 Å². The Bertz CT molecular complexity index is 914. The summed E-state index contributed by atoms with van der Waals surface area (Å²) in [5.41, 5.74) is 3.26. The molecule has 0 aliphatic carbocycles. The van der Waals surface area contributed by atoms with E-state index in [1.807, 2.05) is 42.5 Å². The van der Waals surface area contributed by atoms with Crippen molar-refractivity contribution in [2.45, 2.75) is 31.5 Å². The second-order valence-electron chi connectivity index (χ2n) is 6.58. The van der Waals surface area contributed by atoms with Crippen molar-refractivity contribution in [1.82, 2.24) is 9.78 Å². The van der Waals surface area contributed by atoms with Gasteiger partial charge in [0.1, 0.15) is 17.9 Å². The largest absolute Gasteiger partial charge is 0.388 e. The molecule has 2 aromatic carbocycles. The number of ether oxygens (including phenoxy) is 1. The molecule has 0 bridgehead atoms. The van der Waals surface area contributed by atoms with E-state index in [-0.39, 0.29) is 0 Å². The summed E-state index contributed by atoms with van der Waals surface area (Å²) in [7, 11) is 0. The normalized spacial score (nSPS) is 24.9. The van der Waals surface area contributed by atoms with Crippen molar-refractivity contribution < 1.29 is 14.9 Å². The fourth-order valence-corrected chi connectivity index (χ4v) is 3.28. The fraction of sp³-hybridized carbons (Fsp3) is 0.250. The van der Waals surface area contributed by atoms with Gasteiger partial charge >= 0.3 is 0 Å². The van der Waals surface area contributed by atoms with Crippen LogP contribution in [0.4, 0.5) is 11.4 Å². The van der Waals surface area contributed by atoms with E-state index in [0.29, 0.717) is 5.02 Å². The Hall–Kier alpha value is -2.38. The number of halogens is 1. The molecule has 0 spiro atoms. The molecular weight excluding hydrogens is 366 g/mol. The third-order valence-corrected chi connectivity index (χ3v) is 4.89. The highest BCUT2D eigenvalue weighted by atomic mass is 35.5. The van der Waals surface area contributed by atoms with E-state index in [2.05, 4.69) is 10.4 Å². The van der Waals surface area contributed by atoms with E-state index in [0.717, 1.165) is 22.6 Å². The number of aliphatic hydroxyl groups excluding tert-OH is 2. The summed E-state index contributed by atoms with van der Waals surface area (Å²) < 4.78 is 7.25. The van der Waals surface area contributed by atoms with Crippen LogP contribution in [-0.4, -0.2) is 38.3 Å². The molecular formula is C20H20ClN3O3. The Morgan fingerprint density at radius 3 is 2.37 bits per heavy atom. The summed E-state index contributed by atoms with van der Waals surface area (Å²) in [5.74, 6) is 0. The van der Waals surface area contributed by atoms with E-state index in [4.69, 9.17) is 16.3 Å². The molecule has 1 fully saturated rings. The molecule has 4 atom stereocenters. The molecule has 1 aliphatic rings. The summed E-state index contributed by atoms with van der Waals surface area (Å²) in [6.07, 6.45) is -1.45. The Kier molecular flexibility index (Phi) is 4.88. The van der Waals surface area contributed by atoms with Gasteiger partial charge in [0, 0.05) is 16.3 Å². The average molecular weight is 386 g/mol. The first-order valence-corrected chi connectivity index (χ1v) is 9.09. The molecule has 6 nitrogen and oxygen atoms in total. The lowest BCUT2D eigenvalue weighted by atomic mass is 10.1. The Morgan fingerprint density at radius 1 is 1.04 bits per heavy atom. The molecule has 1 saturated heterocycles. The minimum absolute atomic E-state index is 0.470. The van der Waals surface area contributed by atoms with Gasteiger partial charge in [0.25, 0.3) is 0 Å². The molecule has 2 heterocycles. The number of aromatic nitrogens is 2. The predicted octanol–water partition coefficient (Wildman–Crippen LogP) is 3.59. The molecule has 140 valence electrons. The topological polar surface area (TPSA) is 79.5 Å². The van der Waals surface area contributed by atoms with Gasteiger partial charge in [-0.05, 0) is 31.2 Å². The molecule has 0 saturated carbocycles. The third-order valence-electron chi connectivity index (χ3n) is 4.64.